The van der Waals surface area contributed by atoms with Crippen LogP contribution in [0.5, 0.6) is 0 Å². The predicted molar refractivity (Wildman–Crippen MR) is 62.1 cm³/mol. The largest absolute Gasteiger partial charge is 0.366 e. The predicted octanol–water partition coefficient (Wildman–Crippen LogP) is 1.65. The Morgan fingerprint density at radius 1 is 1.35 bits per heavy atom. The van der Waals surface area contributed by atoms with Crippen LogP contribution in [0.2, 0.25) is 0 Å². The van der Waals surface area contributed by atoms with Gasteiger partial charge in [-0.2, -0.15) is 4.98 Å². The molecule has 5 nitrogen and oxygen atoms in total. The molecular formula is C12H15N3O2. The number of rotatable bonds is 5. The van der Waals surface area contributed by atoms with E-state index in [1.165, 1.54) is 0 Å². The van der Waals surface area contributed by atoms with E-state index in [-0.39, 0.29) is 12.6 Å². The Kier molecular flexibility index (Phi) is 3.85. The number of aromatic nitrogens is 2. The third-order valence-electron chi connectivity index (χ3n) is 2.33. The van der Waals surface area contributed by atoms with Crippen molar-refractivity contribution in [3.63, 3.8) is 0 Å². The fourth-order valence-corrected chi connectivity index (χ4v) is 1.57. The van der Waals surface area contributed by atoms with Crippen molar-refractivity contribution in [1.29, 1.82) is 0 Å². The minimum Gasteiger partial charge on any atom is -0.366 e. The highest BCUT2D eigenvalue weighted by molar-refractivity contribution is 5.22. The molecule has 0 fully saturated rings. The zero-order valence-electron chi connectivity index (χ0n) is 9.67. The lowest BCUT2D eigenvalue weighted by Gasteiger charge is -2.13. The van der Waals surface area contributed by atoms with Crippen molar-refractivity contribution in [2.75, 3.05) is 6.61 Å². The third kappa shape index (κ3) is 2.69. The molecule has 5 heteroatoms. The van der Waals surface area contributed by atoms with Crippen molar-refractivity contribution < 1.29 is 9.26 Å². The van der Waals surface area contributed by atoms with Gasteiger partial charge in [0.15, 0.2) is 0 Å². The summed E-state index contributed by atoms with van der Waals surface area (Å²) in [5, 5.41) is 3.89. The number of hydrogen-bond acceptors (Lipinski definition) is 5. The minimum atomic E-state index is -0.301. The highest BCUT2D eigenvalue weighted by Crippen LogP contribution is 2.23. The maximum Gasteiger partial charge on any atom is 0.240 e. The second-order valence-corrected chi connectivity index (χ2v) is 3.50. The van der Waals surface area contributed by atoms with Crippen molar-refractivity contribution >= 4 is 0 Å². The van der Waals surface area contributed by atoms with E-state index in [0.29, 0.717) is 18.3 Å². The van der Waals surface area contributed by atoms with Crippen LogP contribution in [0.25, 0.3) is 0 Å². The number of nitrogens with two attached hydrogens (primary N) is 1. The molecule has 2 rings (SSSR count). The molecule has 0 bridgehead atoms. The zero-order chi connectivity index (χ0) is 12.1. The van der Waals surface area contributed by atoms with E-state index < -0.39 is 0 Å². The van der Waals surface area contributed by atoms with Crippen molar-refractivity contribution in [2.24, 2.45) is 5.73 Å². The quantitative estimate of drug-likeness (QED) is 0.850. The van der Waals surface area contributed by atoms with Gasteiger partial charge in [0.1, 0.15) is 6.10 Å². The highest BCUT2D eigenvalue weighted by atomic mass is 16.5. The van der Waals surface area contributed by atoms with Crippen LogP contribution in [0.4, 0.5) is 0 Å². The molecule has 17 heavy (non-hydrogen) atoms. The Morgan fingerprint density at radius 2 is 2.12 bits per heavy atom. The summed E-state index contributed by atoms with van der Waals surface area (Å²) in [6, 6.07) is 9.79. The maximum atomic E-state index is 5.65. The topological polar surface area (TPSA) is 74.2 Å². The van der Waals surface area contributed by atoms with Gasteiger partial charge in [0, 0.05) is 6.61 Å². The minimum absolute atomic E-state index is 0.237. The summed E-state index contributed by atoms with van der Waals surface area (Å²) in [7, 11) is 0. The van der Waals surface area contributed by atoms with E-state index in [1.54, 1.807) is 0 Å². The first-order valence-electron chi connectivity index (χ1n) is 5.54. The van der Waals surface area contributed by atoms with E-state index in [9.17, 15) is 0 Å². The second-order valence-electron chi connectivity index (χ2n) is 3.50. The van der Waals surface area contributed by atoms with Gasteiger partial charge >= 0.3 is 0 Å². The Hall–Kier alpha value is -1.72. The van der Waals surface area contributed by atoms with Crippen LogP contribution in [0.1, 0.15) is 30.3 Å². The molecule has 1 atom stereocenters. The molecule has 0 amide bonds. The summed E-state index contributed by atoms with van der Waals surface area (Å²) < 4.78 is 10.6. The van der Waals surface area contributed by atoms with Gasteiger partial charge in [-0.05, 0) is 12.5 Å². The van der Waals surface area contributed by atoms with Crippen LogP contribution < -0.4 is 5.73 Å². The molecule has 0 aliphatic carbocycles. The molecule has 0 saturated carbocycles. The molecule has 1 aromatic heterocycles. The van der Waals surface area contributed by atoms with Gasteiger partial charge in [0.25, 0.3) is 0 Å². The van der Waals surface area contributed by atoms with Gasteiger partial charge in [-0.1, -0.05) is 35.5 Å². The molecule has 0 radical (unpaired) electrons. The van der Waals surface area contributed by atoms with Crippen molar-refractivity contribution in [3.05, 3.63) is 47.6 Å². The molecule has 1 heterocycles. The summed E-state index contributed by atoms with van der Waals surface area (Å²) in [6.45, 7) is 2.74. The molecule has 1 aromatic carbocycles. The molecule has 0 aliphatic rings. The van der Waals surface area contributed by atoms with E-state index in [0.717, 1.165) is 5.56 Å². The van der Waals surface area contributed by atoms with Crippen LogP contribution in [0.3, 0.4) is 0 Å². The van der Waals surface area contributed by atoms with Crippen LogP contribution in [0.15, 0.2) is 34.9 Å². The fourth-order valence-electron chi connectivity index (χ4n) is 1.57. The lowest BCUT2D eigenvalue weighted by atomic mass is 10.1. The SMILES string of the molecule is CCO[C@@H](c1ccccc1)c1noc(CN)n1. The van der Waals surface area contributed by atoms with E-state index in [4.69, 9.17) is 15.0 Å². The Bertz CT molecular complexity index is 456. The van der Waals surface area contributed by atoms with Gasteiger partial charge in [-0.15, -0.1) is 0 Å². The van der Waals surface area contributed by atoms with Crippen molar-refractivity contribution in [3.8, 4) is 0 Å². The number of nitrogens with zero attached hydrogens (tertiary/aromatic N) is 2. The summed E-state index contributed by atoms with van der Waals surface area (Å²) in [5.74, 6) is 0.930. The average Bonchev–Trinajstić information content (AvgIpc) is 2.85. The highest BCUT2D eigenvalue weighted by Gasteiger charge is 2.20. The van der Waals surface area contributed by atoms with Gasteiger partial charge in [-0.25, -0.2) is 0 Å². The molecule has 2 aromatic rings. The Balaban J connectivity index is 2.28. The third-order valence-corrected chi connectivity index (χ3v) is 2.33. The standard InChI is InChI=1S/C12H15N3O2/c1-2-16-11(9-6-4-3-5-7-9)12-14-10(8-13)17-15-12/h3-7,11H,2,8,13H2,1H3/t11-/m0/s1. The first kappa shape index (κ1) is 11.8. The molecule has 90 valence electrons. The second kappa shape index (κ2) is 5.56. The van der Waals surface area contributed by atoms with Gasteiger partial charge < -0.3 is 15.0 Å². The monoisotopic (exact) mass is 233 g/mol. The van der Waals surface area contributed by atoms with Crippen LogP contribution >= 0.6 is 0 Å². The Morgan fingerprint density at radius 3 is 2.71 bits per heavy atom. The molecule has 0 unspecified atom stereocenters. The normalized spacial score (nSPS) is 12.6. The Labute approximate surface area is 99.6 Å². The number of ether oxygens (including phenoxy) is 1. The van der Waals surface area contributed by atoms with E-state index in [2.05, 4.69) is 10.1 Å². The average molecular weight is 233 g/mol. The van der Waals surface area contributed by atoms with Crippen LogP contribution in [0, 0.1) is 0 Å². The van der Waals surface area contributed by atoms with Crippen LogP contribution in [-0.2, 0) is 11.3 Å². The summed E-state index contributed by atoms with van der Waals surface area (Å²) in [5.41, 5.74) is 6.44. The molecule has 0 saturated heterocycles. The van der Waals surface area contributed by atoms with Crippen molar-refractivity contribution in [1.82, 2.24) is 10.1 Å². The summed E-state index contributed by atoms with van der Waals surface area (Å²) >= 11 is 0. The van der Waals surface area contributed by atoms with Gasteiger partial charge in [0.05, 0.1) is 6.54 Å². The summed E-state index contributed by atoms with van der Waals surface area (Å²) in [6.07, 6.45) is -0.301. The van der Waals surface area contributed by atoms with Crippen molar-refractivity contribution in [2.45, 2.75) is 19.6 Å². The fraction of sp³-hybridized carbons (Fsp3) is 0.333. The molecular weight excluding hydrogens is 218 g/mol. The van der Waals surface area contributed by atoms with Gasteiger partial charge in [0.2, 0.25) is 11.7 Å². The van der Waals surface area contributed by atoms with Crippen LogP contribution in [-0.4, -0.2) is 16.7 Å². The molecule has 0 spiro atoms. The lowest BCUT2D eigenvalue weighted by Crippen LogP contribution is -2.08. The van der Waals surface area contributed by atoms with Gasteiger partial charge in [-0.3, -0.25) is 0 Å². The number of benzene rings is 1. The first-order valence-corrected chi connectivity index (χ1v) is 5.54. The summed E-state index contributed by atoms with van der Waals surface area (Å²) in [4.78, 5) is 4.20. The lowest BCUT2D eigenvalue weighted by molar-refractivity contribution is 0.0833. The zero-order valence-corrected chi connectivity index (χ0v) is 9.67. The smallest absolute Gasteiger partial charge is 0.240 e. The number of hydrogen-bond donors (Lipinski definition) is 1. The van der Waals surface area contributed by atoms with E-state index >= 15 is 0 Å². The first-order chi connectivity index (χ1) is 8.35. The molecule has 0 aliphatic heterocycles. The molecule has 2 N–H and O–H groups in total. The maximum absolute atomic E-state index is 5.65. The van der Waals surface area contributed by atoms with E-state index in [1.807, 2.05) is 37.3 Å².